The third kappa shape index (κ3) is 3.99. The number of para-hydroxylation sites is 1. The van der Waals surface area contributed by atoms with Gasteiger partial charge in [0, 0.05) is 5.56 Å². The Morgan fingerprint density at radius 2 is 1.76 bits per heavy atom. The molecule has 0 bridgehead atoms. The molecule has 1 aromatic heterocycles. The maximum atomic E-state index is 13.7. The van der Waals surface area contributed by atoms with E-state index < -0.39 is 12.0 Å². The number of rotatable bonds is 6. The lowest BCUT2D eigenvalue weighted by Crippen LogP contribution is -2.39. The van der Waals surface area contributed by atoms with Crippen molar-refractivity contribution in [3.05, 3.63) is 84.5 Å². The van der Waals surface area contributed by atoms with Gasteiger partial charge in [-0.1, -0.05) is 35.6 Å². The Morgan fingerprint density at radius 1 is 1.03 bits per heavy atom. The summed E-state index contributed by atoms with van der Waals surface area (Å²) in [6.07, 6.45) is 1.74. The molecule has 2 aromatic carbocycles. The van der Waals surface area contributed by atoms with Gasteiger partial charge in [0.15, 0.2) is 16.3 Å². The first kappa shape index (κ1) is 23.3. The van der Waals surface area contributed by atoms with Crippen molar-refractivity contribution in [1.29, 1.82) is 0 Å². The zero-order valence-corrected chi connectivity index (χ0v) is 20.3. The van der Waals surface area contributed by atoms with Crippen LogP contribution in [0.15, 0.2) is 63.5 Å². The molecule has 1 aliphatic rings. The minimum Gasteiger partial charge on any atom is -0.497 e. The minimum absolute atomic E-state index is 0.275. The molecule has 0 unspecified atom stereocenters. The lowest BCUT2D eigenvalue weighted by atomic mass is 9.96. The van der Waals surface area contributed by atoms with Crippen LogP contribution < -0.4 is 29.1 Å². The molecule has 0 saturated carbocycles. The van der Waals surface area contributed by atoms with Crippen molar-refractivity contribution in [1.82, 2.24) is 4.57 Å². The smallest absolute Gasteiger partial charge is 0.338 e. The van der Waals surface area contributed by atoms with Crippen LogP contribution in [0.1, 0.15) is 24.1 Å². The van der Waals surface area contributed by atoms with Gasteiger partial charge in [-0.05, 0) is 36.8 Å². The number of allylic oxidation sites excluding steroid dienone is 1. The third-order valence-corrected chi connectivity index (χ3v) is 6.56. The third-order valence-electron chi connectivity index (χ3n) is 5.58. The number of esters is 1. The van der Waals surface area contributed by atoms with Crippen molar-refractivity contribution < 1.29 is 23.7 Å². The normalized spacial score (nSPS) is 15.4. The van der Waals surface area contributed by atoms with E-state index in [1.807, 2.05) is 24.3 Å². The molecule has 0 amide bonds. The number of carbonyl (C=O) groups is 1. The fraction of sp³-hybridized carbons (Fsp3) is 0.240. The van der Waals surface area contributed by atoms with Gasteiger partial charge in [-0.25, -0.2) is 9.79 Å². The summed E-state index contributed by atoms with van der Waals surface area (Å²) in [5.74, 6) is 1.21. The lowest BCUT2D eigenvalue weighted by molar-refractivity contribution is -0.136. The lowest BCUT2D eigenvalue weighted by Gasteiger charge is -2.24. The topological polar surface area (TPSA) is 88.4 Å². The van der Waals surface area contributed by atoms with Crippen molar-refractivity contribution in [3.8, 4) is 17.2 Å². The number of hydrogen-bond acceptors (Lipinski definition) is 8. The van der Waals surface area contributed by atoms with Gasteiger partial charge in [0.05, 0.1) is 50.3 Å². The van der Waals surface area contributed by atoms with Gasteiger partial charge < -0.3 is 18.9 Å². The zero-order valence-electron chi connectivity index (χ0n) is 19.4. The summed E-state index contributed by atoms with van der Waals surface area (Å²) < 4.78 is 23.2. The maximum absolute atomic E-state index is 13.7. The van der Waals surface area contributed by atoms with Gasteiger partial charge in [0.1, 0.15) is 5.75 Å². The molecule has 0 aliphatic carbocycles. The van der Waals surface area contributed by atoms with E-state index in [0.717, 1.165) is 5.56 Å². The molecule has 0 radical (unpaired) electrons. The molecule has 0 N–H and O–H groups in total. The number of methoxy groups -OCH3 is 4. The Morgan fingerprint density at radius 3 is 2.38 bits per heavy atom. The molecule has 0 saturated heterocycles. The van der Waals surface area contributed by atoms with Crippen LogP contribution >= 0.6 is 11.3 Å². The Bertz CT molecular complexity index is 1450. The first-order valence-corrected chi connectivity index (χ1v) is 11.2. The molecule has 34 heavy (non-hydrogen) atoms. The molecule has 9 heteroatoms. The second kappa shape index (κ2) is 9.56. The Kier molecular flexibility index (Phi) is 6.56. The SMILES string of the molecule is COC(=O)C1=C(C)N=c2s/c(=C\c3cccc(OC)c3OC)c(=O)n2[C@H]1c1ccc(OC)cc1. The highest BCUT2D eigenvalue weighted by Crippen LogP contribution is 2.32. The first-order valence-electron chi connectivity index (χ1n) is 10.4. The molecule has 8 nitrogen and oxygen atoms in total. The van der Waals surface area contributed by atoms with Gasteiger partial charge >= 0.3 is 5.97 Å². The highest BCUT2D eigenvalue weighted by atomic mass is 32.1. The molecule has 0 spiro atoms. The van der Waals surface area contributed by atoms with E-state index in [0.29, 0.717) is 43.4 Å². The Balaban J connectivity index is 1.97. The molecular weight excluding hydrogens is 456 g/mol. The number of nitrogens with zero attached hydrogens (tertiary/aromatic N) is 2. The second-order valence-electron chi connectivity index (χ2n) is 7.43. The van der Waals surface area contributed by atoms with Crippen LogP contribution in [0.2, 0.25) is 0 Å². The number of fused-ring (bicyclic) bond motifs is 1. The second-order valence-corrected chi connectivity index (χ2v) is 8.44. The van der Waals surface area contributed by atoms with Gasteiger partial charge in [0.25, 0.3) is 5.56 Å². The Hall–Kier alpha value is -3.85. The van der Waals surface area contributed by atoms with Crippen molar-refractivity contribution in [3.63, 3.8) is 0 Å². The van der Waals surface area contributed by atoms with Crippen LogP contribution in [0.3, 0.4) is 0 Å². The molecule has 1 atom stereocenters. The molecule has 176 valence electrons. The average Bonchev–Trinajstić information content (AvgIpc) is 3.16. The fourth-order valence-electron chi connectivity index (χ4n) is 3.96. The van der Waals surface area contributed by atoms with E-state index in [1.54, 1.807) is 52.5 Å². The van der Waals surface area contributed by atoms with E-state index in [2.05, 4.69) is 4.99 Å². The first-order chi connectivity index (χ1) is 16.4. The summed E-state index contributed by atoms with van der Waals surface area (Å²) >= 11 is 1.24. The van der Waals surface area contributed by atoms with Crippen molar-refractivity contribution >= 4 is 23.4 Å². The van der Waals surface area contributed by atoms with Crippen LogP contribution in [-0.4, -0.2) is 39.0 Å². The summed E-state index contributed by atoms with van der Waals surface area (Å²) in [6.45, 7) is 1.74. The molecule has 4 rings (SSSR count). The highest BCUT2D eigenvalue weighted by Gasteiger charge is 2.33. The number of hydrogen-bond donors (Lipinski definition) is 0. The molecule has 2 heterocycles. The minimum atomic E-state index is -0.691. The standard InChI is InChI=1S/C25H24N2O6S/c1-14-20(24(29)33-5)21(15-9-11-17(30-2)12-10-15)27-23(28)19(34-25(27)26-14)13-16-7-6-8-18(31-3)22(16)32-4/h6-13,21H,1-5H3/b19-13-/t21-/m0/s1. The number of carbonyl (C=O) groups excluding carboxylic acids is 1. The van der Waals surface area contributed by atoms with Gasteiger partial charge in [0.2, 0.25) is 0 Å². The number of ether oxygens (including phenoxy) is 4. The Labute approximate surface area is 200 Å². The average molecular weight is 481 g/mol. The maximum Gasteiger partial charge on any atom is 0.338 e. The van der Waals surface area contributed by atoms with Crippen LogP contribution in [0.5, 0.6) is 17.2 Å². The van der Waals surface area contributed by atoms with Crippen molar-refractivity contribution in [2.24, 2.45) is 4.99 Å². The summed E-state index contributed by atoms with van der Waals surface area (Å²) in [7, 11) is 6.00. The monoisotopic (exact) mass is 480 g/mol. The van der Waals surface area contributed by atoms with Crippen molar-refractivity contribution in [2.45, 2.75) is 13.0 Å². The van der Waals surface area contributed by atoms with Gasteiger partial charge in [-0.3, -0.25) is 9.36 Å². The molecule has 1 aliphatic heterocycles. The van der Waals surface area contributed by atoms with Crippen LogP contribution in [0.4, 0.5) is 0 Å². The number of thiazole rings is 1. The highest BCUT2D eigenvalue weighted by molar-refractivity contribution is 7.07. The largest absolute Gasteiger partial charge is 0.497 e. The van der Waals surface area contributed by atoms with Crippen molar-refractivity contribution in [2.75, 3.05) is 28.4 Å². The van der Waals surface area contributed by atoms with E-state index in [-0.39, 0.29) is 5.56 Å². The summed E-state index contributed by atoms with van der Waals surface area (Å²) in [4.78, 5) is 31.4. The van der Waals surface area contributed by atoms with E-state index in [4.69, 9.17) is 18.9 Å². The number of benzene rings is 2. The van der Waals surface area contributed by atoms with Gasteiger partial charge in [-0.2, -0.15) is 0 Å². The predicted molar refractivity (Wildman–Crippen MR) is 128 cm³/mol. The van der Waals surface area contributed by atoms with Gasteiger partial charge in [-0.15, -0.1) is 0 Å². The van der Waals surface area contributed by atoms with Crippen LogP contribution in [0, 0.1) is 0 Å². The van der Waals surface area contributed by atoms with E-state index in [1.165, 1.54) is 23.0 Å². The summed E-state index contributed by atoms with van der Waals surface area (Å²) in [5, 5.41) is 0. The molecular formula is C25H24N2O6S. The number of aromatic nitrogens is 1. The molecule has 3 aromatic rings. The summed E-state index contributed by atoms with van der Waals surface area (Å²) in [5.41, 5.74) is 1.97. The van der Waals surface area contributed by atoms with Crippen LogP contribution in [-0.2, 0) is 9.53 Å². The summed E-state index contributed by atoms with van der Waals surface area (Å²) in [6, 6.07) is 12.0. The van der Waals surface area contributed by atoms with E-state index >= 15 is 0 Å². The fourth-order valence-corrected chi connectivity index (χ4v) is 5.00. The van der Waals surface area contributed by atoms with Crippen LogP contribution in [0.25, 0.3) is 6.08 Å². The quantitative estimate of drug-likeness (QED) is 0.504. The zero-order chi connectivity index (χ0) is 24.4. The molecule has 0 fully saturated rings. The van der Waals surface area contributed by atoms with E-state index in [9.17, 15) is 9.59 Å². The predicted octanol–water partition coefficient (Wildman–Crippen LogP) is 2.43.